The second-order valence-corrected chi connectivity index (χ2v) is 5.83. The van der Waals surface area contributed by atoms with E-state index in [1.54, 1.807) is 24.3 Å². The van der Waals surface area contributed by atoms with Crippen LogP contribution in [0.1, 0.15) is 33.6 Å². The number of hydrogen-bond acceptors (Lipinski definition) is 5. The Morgan fingerprint density at radius 3 is 2.43 bits per heavy atom. The molecule has 2 fully saturated rings. The molecule has 1 amide bonds. The van der Waals surface area contributed by atoms with Crippen LogP contribution in [-0.2, 0) is 14.2 Å². The molecule has 0 saturated carbocycles. The van der Waals surface area contributed by atoms with Gasteiger partial charge in [-0.05, 0) is 37.1 Å². The molecule has 2 aliphatic heterocycles. The number of rotatable bonds is 3. The van der Waals surface area contributed by atoms with Crippen LogP contribution in [0.5, 0.6) is 0 Å². The third-order valence-electron chi connectivity index (χ3n) is 4.33. The molecule has 2 saturated heterocycles. The maximum atomic E-state index is 12.6. The predicted molar refractivity (Wildman–Crippen MR) is 82.1 cm³/mol. The van der Waals surface area contributed by atoms with Crippen molar-refractivity contribution in [3.05, 3.63) is 35.4 Å². The van der Waals surface area contributed by atoms with Gasteiger partial charge >= 0.3 is 5.97 Å². The van der Waals surface area contributed by atoms with Gasteiger partial charge in [-0.2, -0.15) is 0 Å². The van der Waals surface area contributed by atoms with E-state index >= 15 is 0 Å². The summed E-state index contributed by atoms with van der Waals surface area (Å²) in [5.41, 5.74) is 1.01. The minimum Gasteiger partial charge on any atom is -0.465 e. The van der Waals surface area contributed by atoms with Gasteiger partial charge in [-0.15, -0.1) is 0 Å². The first-order valence-electron chi connectivity index (χ1n) is 7.90. The van der Waals surface area contributed by atoms with E-state index in [1.807, 2.05) is 4.90 Å². The zero-order valence-electron chi connectivity index (χ0n) is 13.2. The number of carbonyl (C=O) groups is 2. The Labute approximate surface area is 135 Å². The zero-order chi connectivity index (χ0) is 16.2. The lowest BCUT2D eigenvalue weighted by Crippen LogP contribution is -2.43. The van der Waals surface area contributed by atoms with Crippen LogP contribution in [0.4, 0.5) is 0 Å². The van der Waals surface area contributed by atoms with Gasteiger partial charge in [0.25, 0.3) is 5.91 Å². The van der Waals surface area contributed by atoms with Crippen molar-refractivity contribution in [3.8, 4) is 0 Å². The SMILES string of the molecule is COC(=O)c1ccc(C(=O)N2CCC[C@H](C3OCCO3)C2)cc1. The van der Waals surface area contributed by atoms with E-state index in [9.17, 15) is 9.59 Å². The van der Waals surface area contributed by atoms with Crippen LogP contribution in [0.25, 0.3) is 0 Å². The van der Waals surface area contributed by atoms with Crippen molar-refractivity contribution in [2.45, 2.75) is 19.1 Å². The molecule has 0 spiro atoms. The first-order valence-corrected chi connectivity index (χ1v) is 7.90. The summed E-state index contributed by atoms with van der Waals surface area (Å²) in [5.74, 6) is -0.203. The third kappa shape index (κ3) is 3.54. The fraction of sp³-hybridized carbons (Fsp3) is 0.529. The molecule has 0 radical (unpaired) electrons. The predicted octanol–water partition coefficient (Wildman–Crippen LogP) is 1.70. The molecule has 0 N–H and O–H groups in total. The van der Waals surface area contributed by atoms with Gasteiger partial charge in [0.05, 0.1) is 25.9 Å². The third-order valence-corrected chi connectivity index (χ3v) is 4.33. The topological polar surface area (TPSA) is 65.1 Å². The Morgan fingerprint density at radius 2 is 1.78 bits per heavy atom. The number of benzene rings is 1. The lowest BCUT2D eigenvalue weighted by Gasteiger charge is -2.34. The lowest BCUT2D eigenvalue weighted by atomic mass is 9.96. The molecule has 1 atom stereocenters. The number of amides is 1. The molecule has 6 nitrogen and oxygen atoms in total. The number of nitrogens with zero attached hydrogens (tertiary/aromatic N) is 1. The highest BCUT2D eigenvalue weighted by atomic mass is 16.7. The molecule has 2 aliphatic rings. The number of hydrogen-bond donors (Lipinski definition) is 0. The minimum absolute atomic E-state index is 0.0240. The van der Waals surface area contributed by atoms with Crippen LogP contribution in [0, 0.1) is 5.92 Å². The van der Waals surface area contributed by atoms with E-state index in [4.69, 9.17) is 9.47 Å². The molecule has 124 valence electrons. The van der Waals surface area contributed by atoms with Crippen molar-refractivity contribution in [2.75, 3.05) is 33.4 Å². The van der Waals surface area contributed by atoms with Crippen molar-refractivity contribution in [2.24, 2.45) is 5.92 Å². The highest BCUT2D eigenvalue weighted by Crippen LogP contribution is 2.25. The van der Waals surface area contributed by atoms with Gasteiger partial charge in [0, 0.05) is 24.6 Å². The Bertz CT molecular complexity index is 565. The van der Waals surface area contributed by atoms with E-state index in [0.717, 1.165) is 19.4 Å². The van der Waals surface area contributed by atoms with Crippen LogP contribution in [0.15, 0.2) is 24.3 Å². The highest BCUT2D eigenvalue weighted by Gasteiger charge is 2.33. The fourth-order valence-corrected chi connectivity index (χ4v) is 3.11. The molecule has 1 aromatic carbocycles. The standard InChI is InChI=1S/C17H21NO5/c1-21-16(20)13-6-4-12(5-7-13)15(19)18-8-2-3-14(11-18)17-22-9-10-23-17/h4-7,14,17H,2-3,8-11H2,1H3/t14-/m0/s1. The van der Waals surface area contributed by atoms with E-state index in [1.165, 1.54) is 7.11 Å². The monoisotopic (exact) mass is 319 g/mol. The molecule has 0 aliphatic carbocycles. The number of likely N-dealkylation sites (tertiary alicyclic amines) is 1. The van der Waals surface area contributed by atoms with Gasteiger partial charge in [0.1, 0.15) is 0 Å². The van der Waals surface area contributed by atoms with Gasteiger partial charge in [-0.25, -0.2) is 4.79 Å². The molecular weight excluding hydrogens is 298 g/mol. The van der Waals surface area contributed by atoms with Crippen LogP contribution in [0.3, 0.4) is 0 Å². The van der Waals surface area contributed by atoms with Gasteiger partial charge in [0.2, 0.25) is 0 Å². The number of ether oxygens (including phenoxy) is 3. The fourth-order valence-electron chi connectivity index (χ4n) is 3.11. The van der Waals surface area contributed by atoms with Gasteiger partial charge in [-0.1, -0.05) is 0 Å². The summed E-state index contributed by atoms with van der Waals surface area (Å²) in [4.78, 5) is 25.9. The number of esters is 1. The zero-order valence-corrected chi connectivity index (χ0v) is 13.2. The summed E-state index contributed by atoms with van der Waals surface area (Å²) in [6.45, 7) is 2.64. The smallest absolute Gasteiger partial charge is 0.337 e. The van der Waals surface area contributed by atoms with E-state index < -0.39 is 5.97 Å². The average Bonchev–Trinajstić information content (AvgIpc) is 3.15. The van der Waals surface area contributed by atoms with Crippen molar-refractivity contribution in [3.63, 3.8) is 0 Å². The van der Waals surface area contributed by atoms with Gasteiger partial charge in [0.15, 0.2) is 6.29 Å². The molecule has 3 rings (SSSR count). The summed E-state index contributed by atoms with van der Waals surface area (Å²) in [5, 5.41) is 0. The molecule has 6 heteroatoms. The number of methoxy groups -OCH3 is 1. The van der Waals surface area contributed by atoms with Crippen molar-refractivity contribution < 1.29 is 23.8 Å². The summed E-state index contributed by atoms with van der Waals surface area (Å²) in [6.07, 6.45) is 1.77. The maximum Gasteiger partial charge on any atom is 0.337 e. The van der Waals surface area contributed by atoms with E-state index in [-0.39, 0.29) is 18.1 Å². The molecule has 2 heterocycles. The van der Waals surface area contributed by atoms with Crippen molar-refractivity contribution >= 4 is 11.9 Å². The average molecular weight is 319 g/mol. The minimum atomic E-state index is -0.405. The van der Waals surface area contributed by atoms with Crippen molar-refractivity contribution in [1.82, 2.24) is 4.90 Å². The Balaban J connectivity index is 1.65. The number of piperidine rings is 1. The number of carbonyl (C=O) groups excluding carboxylic acids is 2. The van der Waals surface area contributed by atoms with Crippen LogP contribution < -0.4 is 0 Å². The summed E-state index contributed by atoms with van der Waals surface area (Å²) >= 11 is 0. The molecule has 0 bridgehead atoms. The van der Waals surface area contributed by atoms with Crippen molar-refractivity contribution in [1.29, 1.82) is 0 Å². The normalized spacial score (nSPS) is 22.1. The molecule has 0 aromatic heterocycles. The van der Waals surface area contributed by atoms with Crippen LogP contribution >= 0.6 is 0 Å². The largest absolute Gasteiger partial charge is 0.465 e. The molecule has 1 aromatic rings. The highest BCUT2D eigenvalue weighted by molar-refractivity contribution is 5.96. The van der Waals surface area contributed by atoms with E-state index in [2.05, 4.69) is 4.74 Å². The molecule has 0 unspecified atom stereocenters. The van der Waals surface area contributed by atoms with Gasteiger partial charge < -0.3 is 19.1 Å². The van der Waals surface area contributed by atoms with Crippen LogP contribution in [-0.4, -0.2) is 56.5 Å². The second kappa shape index (κ2) is 7.10. The molecule has 23 heavy (non-hydrogen) atoms. The van der Waals surface area contributed by atoms with Gasteiger partial charge in [-0.3, -0.25) is 4.79 Å². The first-order chi connectivity index (χ1) is 11.2. The molecular formula is C17H21NO5. The Kier molecular flexibility index (Phi) is 4.93. The Morgan fingerprint density at radius 1 is 1.13 bits per heavy atom. The Hall–Kier alpha value is -1.92. The van der Waals surface area contributed by atoms with Crippen LogP contribution in [0.2, 0.25) is 0 Å². The first kappa shape index (κ1) is 16.0. The second-order valence-electron chi connectivity index (χ2n) is 5.83. The van der Waals surface area contributed by atoms with E-state index in [0.29, 0.717) is 30.9 Å². The summed E-state index contributed by atoms with van der Waals surface area (Å²) in [6, 6.07) is 6.56. The lowest BCUT2D eigenvalue weighted by molar-refractivity contribution is -0.0969. The maximum absolute atomic E-state index is 12.6. The summed E-state index contributed by atoms with van der Waals surface area (Å²) in [7, 11) is 1.34. The summed E-state index contributed by atoms with van der Waals surface area (Å²) < 4.78 is 15.8. The quantitative estimate of drug-likeness (QED) is 0.793.